The molecule has 7 rings (SSSR count). The number of ether oxygens (including phenoxy) is 3. The summed E-state index contributed by atoms with van der Waals surface area (Å²) in [4.78, 5) is 17.2. The lowest BCUT2D eigenvalue weighted by Gasteiger charge is -2.38. The summed E-state index contributed by atoms with van der Waals surface area (Å²) in [6.07, 6.45) is 7.33. The highest BCUT2D eigenvalue weighted by Gasteiger charge is 2.38. The molecule has 1 aromatic heterocycles. The van der Waals surface area contributed by atoms with Crippen LogP contribution in [0.25, 0.3) is 16.7 Å². The van der Waals surface area contributed by atoms with Gasteiger partial charge in [-0.05, 0) is 98.0 Å². The summed E-state index contributed by atoms with van der Waals surface area (Å²) < 4.78 is 48.7. The van der Waals surface area contributed by atoms with E-state index in [2.05, 4.69) is 28.2 Å². The van der Waals surface area contributed by atoms with Gasteiger partial charge in [0.25, 0.3) is 6.43 Å². The van der Waals surface area contributed by atoms with E-state index >= 15 is 0 Å². The molecule has 244 valence electrons. The highest BCUT2D eigenvalue weighted by Crippen LogP contribution is 2.45. The Morgan fingerprint density at radius 1 is 1.00 bits per heavy atom. The number of carbonyl (C=O) groups excluding carboxylic acids is 1. The molecule has 1 saturated heterocycles. The third-order valence-corrected chi connectivity index (χ3v) is 9.50. The molecule has 1 amide bonds. The predicted molar refractivity (Wildman–Crippen MR) is 172 cm³/mol. The maximum atomic E-state index is 14.7. The van der Waals surface area contributed by atoms with Crippen LogP contribution >= 0.6 is 0 Å². The molecule has 2 aromatic carbocycles. The van der Waals surface area contributed by atoms with Crippen LogP contribution in [0.3, 0.4) is 0 Å². The normalized spacial score (nSPS) is 19.3. The number of fused-ring (bicyclic) bond motifs is 2. The molecule has 4 heterocycles. The molecular weight excluding hydrogens is 590 g/mol. The topological polar surface area (TPSA) is 69.1 Å². The van der Waals surface area contributed by atoms with Gasteiger partial charge in [-0.2, -0.15) is 5.10 Å². The monoisotopic (exact) mass is 632 g/mol. The Bertz CT molecular complexity index is 1690. The third kappa shape index (κ3) is 5.93. The van der Waals surface area contributed by atoms with Gasteiger partial charge in [0.1, 0.15) is 5.60 Å². The minimum atomic E-state index is -2.65. The first kappa shape index (κ1) is 30.9. The molecule has 3 aliphatic heterocycles. The zero-order valence-electron chi connectivity index (χ0n) is 27.1. The summed E-state index contributed by atoms with van der Waals surface area (Å²) in [6.45, 7) is 8.49. The molecule has 10 heteroatoms. The van der Waals surface area contributed by atoms with Gasteiger partial charge in [-0.3, -0.25) is 4.68 Å². The van der Waals surface area contributed by atoms with E-state index in [-0.39, 0.29) is 11.7 Å². The highest BCUT2D eigenvalue weighted by atomic mass is 19.3. The van der Waals surface area contributed by atoms with Gasteiger partial charge in [-0.25, -0.2) is 13.6 Å². The average molecular weight is 633 g/mol. The largest absolute Gasteiger partial charge is 0.444 e. The molecule has 0 atom stereocenters. The Labute approximate surface area is 268 Å². The molecule has 46 heavy (non-hydrogen) atoms. The number of amides is 1. The summed E-state index contributed by atoms with van der Waals surface area (Å²) >= 11 is 0. The first-order valence-electron chi connectivity index (χ1n) is 16.3. The van der Waals surface area contributed by atoms with Crippen LogP contribution in [0.2, 0.25) is 0 Å². The van der Waals surface area contributed by atoms with Gasteiger partial charge >= 0.3 is 6.09 Å². The third-order valence-electron chi connectivity index (χ3n) is 9.50. The van der Waals surface area contributed by atoms with Crippen LogP contribution in [0.4, 0.5) is 25.0 Å². The molecular formula is C36H42F2N4O4. The number of alkyl halides is 2. The van der Waals surface area contributed by atoms with Crippen molar-refractivity contribution >= 4 is 23.0 Å². The number of allylic oxidation sites excluding steroid dienone is 1. The molecule has 0 bridgehead atoms. The van der Waals surface area contributed by atoms with Crippen molar-refractivity contribution in [1.29, 1.82) is 0 Å². The Morgan fingerprint density at radius 2 is 1.80 bits per heavy atom. The van der Waals surface area contributed by atoms with Crippen molar-refractivity contribution in [3.05, 3.63) is 70.6 Å². The molecule has 0 N–H and O–H groups in total. The minimum absolute atomic E-state index is 0.00379. The van der Waals surface area contributed by atoms with Crippen molar-refractivity contribution in [2.45, 2.75) is 83.7 Å². The second kappa shape index (κ2) is 11.8. The number of aromatic nitrogens is 2. The number of nitrogens with zero attached hydrogens (tertiary/aromatic N) is 4. The van der Waals surface area contributed by atoms with E-state index in [9.17, 15) is 13.6 Å². The number of rotatable bonds is 4. The van der Waals surface area contributed by atoms with E-state index in [4.69, 9.17) is 14.2 Å². The second-order valence-corrected chi connectivity index (χ2v) is 13.9. The van der Waals surface area contributed by atoms with Crippen LogP contribution in [0.1, 0.15) is 80.7 Å². The molecule has 8 nitrogen and oxygen atoms in total. The van der Waals surface area contributed by atoms with Crippen LogP contribution in [0, 0.1) is 0 Å². The zero-order valence-corrected chi connectivity index (χ0v) is 27.1. The van der Waals surface area contributed by atoms with Gasteiger partial charge in [-0.1, -0.05) is 12.1 Å². The summed E-state index contributed by atoms with van der Waals surface area (Å²) in [7, 11) is 1.79. The first-order valence-corrected chi connectivity index (χ1v) is 16.3. The smallest absolute Gasteiger partial charge is 0.410 e. The van der Waals surface area contributed by atoms with Gasteiger partial charge in [0.15, 0.2) is 5.79 Å². The standard InChI is InChI=1S/C36H42F2N4O4/c1-35(2,3)46-34(43)41-13-9-24-16-26(23-7-10-36(11-8-23)44-14-15-45-36)18-32(30(24)22-41)42-12-5-6-25-17-28(27-20-39-40(4)21-27)29(33(37)38)19-31(25)42/h7,16-21,33H,5-6,8-15,22H2,1-4H3. The zero-order chi connectivity index (χ0) is 32.2. The SMILES string of the molecule is Cn1cc(-c2cc3c(cc2C(F)F)N(c2cc(C4=CCC5(CC4)OCCO5)cc4c2CN(C(=O)OC(C)(C)C)CC4)CCC3)cn1. The molecule has 4 aliphatic rings. The predicted octanol–water partition coefficient (Wildman–Crippen LogP) is 7.71. The molecule has 0 unspecified atom stereocenters. The van der Waals surface area contributed by atoms with E-state index in [1.807, 2.05) is 26.8 Å². The Hall–Kier alpha value is -3.76. The van der Waals surface area contributed by atoms with E-state index in [0.29, 0.717) is 56.8 Å². The Morgan fingerprint density at radius 3 is 2.48 bits per heavy atom. The fourth-order valence-electron chi connectivity index (χ4n) is 7.27. The van der Waals surface area contributed by atoms with Crippen molar-refractivity contribution < 1.29 is 27.8 Å². The van der Waals surface area contributed by atoms with Crippen molar-refractivity contribution in [1.82, 2.24) is 14.7 Å². The molecule has 1 aliphatic carbocycles. The number of hydrogen-bond acceptors (Lipinski definition) is 6. The number of aryl methyl sites for hydroxylation is 2. The van der Waals surface area contributed by atoms with Crippen molar-refractivity contribution in [2.24, 2.45) is 7.05 Å². The summed E-state index contributed by atoms with van der Waals surface area (Å²) in [5, 5.41) is 4.23. The van der Waals surface area contributed by atoms with Gasteiger partial charge < -0.3 is 24.0 Å². The first-order chi connectivity index (χ1) is 22.0. The highest BCUT2D eigenvalue weighted by molar-refractivity contribution is 5.81. The van der Waals surface area contributed by atoms with Crippen LogP contribution < -0.4 is 4.90 Å². The maximum absolute atomic E-state index is 14.7. The maximum Gasteiger partial charge on any atom is 0.410 e. The van der Waals surface area contributed by atoms with Crippen molar-refractivity contribution in [2.75, 3.05) is 31.2 Å². The molecule has 1 fully saturated rings. The summed E-state index contributed by atoms with van der Waals surface area (Å²) in [6, 6.07) is 8.05. The van der Waals surface area contributed by atoms with Gasteiger partial charge in [0, 0.05) is 61.7 Å². The van der Waals surface area contributed by atoms with E-state index in [1.165, 1.54) is 11.1 Å². The van der Waals surface area contributed by atoms with E-state index in [1.54, 1.807) is 35.1 Å². The molecule has 1 spiro atoms. The van der Waals surface area contributed by atoms with Crippen LogP contribution in [-0.2, 0) is 40.6 Å². The number of hydrogen-bond donors (Lipinski definition) is 0. The second-order valence-electron chi connectivity index (χ2n) is 13.9. The Balaban J connectivity index is 1.32. The fraction of sp³-hybridized carbons (Fsp3) is 0.500. The van der Waals surface area contributed by atoms with Crippen molar-refractivity contribution in [3.8, 4) is 11.1 Å². The van der Waals surface area contributed by atoms with Crippen LogP contribution in [0.15, 0.2) is 42.7 Å². The number of anilines is 2. The van der Waals surface area contributed by atoms with Gasteiger partial charge in [0.05, 0.1) is 26.0 Å². The molecule has 0 radical (unpaired) electrons. The molecule has 3 aromatic rings. The lowest BCUT2D eigenvalue weighted by molar-refractivity contribution is -0.159. The lowest BCUT2D eigenvalue weighted by atomic mass is 9.86. The fourth-order valence-corrected chi connectivity index (χ4v) is 7.27. The summed E-state index contributed by atoms with van der Waals surface area (Å²) in [5.74, 6) is -0.516. The van der Waals surface area contributed by atoms with Crippen LogP contribution in [-0.4, -0.2) is 58.5 Å². The van der Waals surface area contributed by atoms with Crippen LogP contribution in [0.5, 0.6) is 0 Å². The quantitative estimate of drug-likeness (QED) is 0.294. The number of carbonyl (C=O) groups is 1. The van der Waals surface area contributed by atoms with E-state index in [0.717, 1.165) is 53.7 Å². The van der Waals surface area contributed by atoms with E-state index < -0.39 is 17.8 Å². The number of halogens is 2. The van der Waals surface area contributed by atoms with Crippen molar-refractivity contribution in [3.63, 3.8) is 0 Å². The lowest BCUT2D eigenvalue weighted by Crippen LogP contribution is -2.40. The minimum Gasteiger partial charge on any atom is -0.444 e. The van der Waals surface area contributed by atoms with Gasteiger partial charge in [0.2, 0.25) is 0 Å². The average Bonchev–Trinajstić information content (AvgIpc) is 3.67. The summed E-state index contributed by atoms with van der Waals surface area (Å²) in [5.41, 5.74) is 7.97. The molecule has 0 saturated carbocycles. The number of benzene rings is 2. The van der Waals surface area contributed by atoms with Gasteiger partial charge in [-0.15, -0.1) is 0 Å². The Kier molecular flexibility index (Phi) is 7.92.